The highest BCUT2D eigenvalue weighted by Crippen LogP contribution is 2.33. The zero-order valence-electron chi connectivity index (χ0n) is 14.9. The quantitative estimate of drug-likeness (QED) is 0.530. The van der Waals surface area contributed by atoms with E-state index >= 15 is 0 Å². The minimum Gasteiger partial charge on any atom is -0.352 e. The molecule has 0 aliphatic carbocycles. The monoisotopic (exact) mass is 374 g/mol. The fourth-order valence-electron chi connectivity index (χ4n) is 3.58. The maximum Gasteiger partial charge on any atom is 0.264 e. The lowest BCUT2D eigenvalue weighted by molar-refractivity contribution is 0.0734. The van der Waals surface area contributed by atoms with Crippen LogP contribution < -0.4 is 0 Å². The van der Waals surface area contributed by atoms with Crippen molar-refractivity contribution in [1.29, 1.82) is 0 Å². The van der Waals surface area contributed by atoms with E-state index in [0.717, 1.165) is 33.1 Å². The van der Waals surface area contributed by atoms with Crippen LogP contribution >= 0.6 is 11.3 Å². The minimum absolute atomic E-state index is 0.0671. The van der Waals surface area contributed by atoms with Crippen molar-refractivity contribution in [3.8, 4) is 16.9 Å². The fraction of sp³-hybridized carbons (Fsp3) is 0.143. The molecule has 0 saturated carbocycles. The van der Waals surface area contributed by atoms with E-state index in [9.17, 15) is 4.79 Å². The molecule has 4 heterocycles. The van der Waals surface area contributed by atoms with Gasteiger partial charge in [-0.15, -0.1) is 11.3 Å². The molecule has 4 aromatic rings. The first-order valence-corrected chi connectivity index (χ1v) is 9.70. The van der Waals surface area contributed by atoms with Gasteiger partial charge in [-0.05, 0) is 29.6 Å². The smallest absolute Gasteiger partial charge is 0.264 e. The second kappa shape index (κ2) is 6.25. The Labute approximate surface area is 161 Å². The zero-order chi connectivity index (χ0) is 18.4. The maximum atomic E-state index is 13.0. The summed E-state index contributed by atoms with van der Waals surface area (Å²) in [6.45, 7) is 1.13. The van der Waals surface area contributed by atoms with E-state index in [1.165, 1.54) is 11.3 Å². The molecule has 134 valence electrons. The first-order valence-electron chi connectivity index (χ1n) is 8.82. The SMILES string of the molecule is Cn1ccc2c1CN(C(=O)c1cccs1)Cc1cn(-c3ccccc3)nc1-2. The van der Waals surface area contributed by atoms with Crippen LogP contribution in [-0.2, 0) is 20.1 Å². The third-order valence-corrected chi connectivity index (χ3v) is 5.85. The number of para-hydroxylation sites is 1. The lowest BCUT2D eigenvalue weighted by Crippen LogP contribution is -2.29. The molecule has 0 radical (unpaired) electrons. The van der Waals surface area contributed by atoms with Gasteiger partial charge in [0, 0.05) is 36.3 Å². The number of amides is 1. The Morgan fingerprint density at radius 1 is 1.07 bits per heavy atom. The van der Waals surface area contributed by atoms with Gasteiger partial charge < -0.3 is 9.47 Å². The van der Waals surface area contributed by atoms with Crippen LogP contribution in [0.5, 0.6) is 0 Å². The van der Waals surface area contributed by atoms with Crippen LogP contribution in [-0.4, -0.2) is 25.2 Å². The molecule has 5 rings (SSSR count). The molecule has 0 saturated heterocycles. The van der Waals surface area contributed by atoms with Gasteiger partial charge in [0.15, 0.2) is 0 Å². The van der Waals surface area contributed by atoms with E-state index in [1.54, 1.807) is 0 Å². The lowest BCUT2D eigenvalue weighted by Gasteiger charge is -2.20. The van der Waals surface area contributed by atoms with Gasteiger partial charge in [0.1, 0.15) is 0 Å². The molecule has 1 aliphatic heterocycles. The number of rotatable bonds is 2. The third-order valence-electron chi connectivity index (χ3n) is 4.99. The predicted molar refractivity (Wildman–Crippen MR) is 106 cm³/mol. The molecular formula is C21H18N4OS. The highest BCUT2D eigenvalue weighted by molar-refractivity contribution is 7.12. The summed E-state index contributed by atoms with van der Waals surface area (Å²) in [5.74, 6) is 0.0671. The molecule has 1 aromatic carbocycles. The van der Waals surface area contributed by atoms with Gasteiger partial charge in [-0.1, -0.05) is 24.3 Å². The summed E-state index contributed by atoms with van der Waals surface area (Å²) in [5.41, 5.74) is 5.24. The molecule has 27 heavy (non-hydrogen) atoms. The zero-order valence-corrected chi connectivity index (χ0v) is 15.7. The van der Waals surface area contributed by atoms with E-state index in [-0.39, 0.29) is 5.91 Å². The average Bonchev–Trinajstić information content (AvgIpc) is 3.41. The molecular weight excluding hydrogens is 356 g/mol. The number of hydrogen-bond acceptors (Lipinski definition) is 3. The van der Waals surface area contributed by atoms with Gasteiger partial charge >= 0.3 is 0 Å². The molecule has 1 amide bonds. The van der Waals surface area contributed by atoms with Crippen molar-refractivity contribution in [2.45, 2.75) is 13.1 Å². The number of nitrogens with zero attached hydrogens (tertiary/aromatic N) is 4. The molecule has 0 bridgehead atoms. The highest BCUT2D eigenvalue weighted by Gasteiger charge is 2.28. The Balaban J connectivity index is 1.62. The second-order valence-electron chi connectivity index (χ2n) is 6.71. The van der Waals surface area contributed by atoms with Crippen LogP contribution in [0, 0.1) is 0 Å². The number of benzene rings is 1. The first kappa shape index (κ1) is 16.1. The lowest BCUT2D eigenvalue weighted by atomic mass is 10.1. The summed E-state index contributed by atoms with van der Waals surface area (Å²) in [7, 11) is 2.02. The van der Waals surface area contributed by atoms with Crippen LogP contribution in [0.2, 0.25) is 0 Å². The van der Waals surface area contributed by atoms with E-state index < -0.39 is 0 Å². The number of hydrogen-bond donors (Lipinski definition) is 0. The summed E-state index contributed by atoms with van der Waals surface area (Å²) in [6, 6.07) is 16.0. The molecule has 0 unspecified atom stereocenters. The van der Waals surface area contributed by atoms with Crippen molar-refractivity contribution in [2.75, 3.05) is 0 Å². The van der Waals surface area contributed by atoms with Crippen LogP contribution in [0.1, 0.15) is 20.9 Å². The van der Waals surface area contributed by atoms with Gasteiger partial charge in [0.05, 0.1) is 29.3 Å². The topological polar surface area (TPSA) is 43.1 Å². The molecule has 5 nitrogen and oxygen atoms in total. The van der Waals surface area contributed by atoms with Crippen molar-refractivity contribution in [3.63, 3.8) is 0 Å². The predicted octanol–water partition coefficient (Wildman–Crippen LogP) is 4.10. The van der Waals surface area contributed by atoms with Gasteiger partial charge in [0.2, 0.25) is 0 Å². The highest BCUT2D eigenvalue weighted by atomic mass is 32.1. The van der Waals surface area contributed by atoms with E-state index in [4.69, 9.17) is 5.10 Å². The van der Waals surface area contributed by atoms with Gasteiger partial charge in [-0.3, -0.25) is 4.79 Å². The number of aryl methyl sites for hydroxylation is 1. The van der Waals surface area contributed by atoms with E-state index in [2.05, 4.69) is 10.6 Å². The van der Waals surface area contributed by atoms with E-state index in [0.29, 0.717) is 13.1 Å². The fourth-order valence-corrected chi connectivity index (χ4v) is 4.27. The van der Waals surface area contributed by atoms with Crippen LogP contribution in [0.4, 0.5) is 0 Å². The van der Waals surface area contributed by atoms with Crippen LogP contribution in [0.15, 0.2) is 66.3 Å². The molecule has 0 spiro atoms. The van der Waals surface area contributed by atoms with Crippen molar-refractivity contribution < 1.29 is 4.79 Å². The Bertz CT molecular complexity index is 1110. The molecule has 3 aromatic heterocycles. The minimum atomic E-state index is 0.0671. The first-order chi connectivity index (χ1) is 13.2. The van der Waals surface area contributed by atoms with Crippen LogP contribution in [0.3, 0.4) is 0 Å². The van der Waals surface area contributed by atoms with Gasteiger partial charge in [0.25, 0.3) is 5.91 Å². The van der Waals surface area contributed by atoms with E-state index in [1.807, 2.05) is 76.9 Å². The summed E-state index contributed by atoms with van der Waals surface area (Å²) in [4.78, 5) is 15.7. The normalized spacial score (nSPS) is 13.1. The Morgan fingerprint density at radius 3 is 2.70 bits per heavy atom. The summed E-state index contributed by atoms with van der Waals surface area (Å²) in [5, 5.41) is 6.80. The molecule has 0 fully saturated rings. The third kappa shape index (κ3) is 2.69. The van der Waals surface area contributed by atoms with Crippen molar-refractivity contribution in [2.24, 2.45) is 7.05 Å². The maximum absolute atomic E-state index is 13.0. The summed E-state index contributed by atoms with van der Waals surface area (Å²) in [6.07, 6.45) is 4.08. The number of carbonyl (C=O) groups excluding carboxylic acids is 1. The van der Waals surface area contributed by atoms with Crippen LogP contribution in [0.25, 0.3) is 16.9 Å². The molecule has 0 atom stereocenters. The molecule has 6 heteroatoms. The molecule has 1 aliphatic rings. The standard InChI is InChI=1S/C21H18N4OS/c1-23-10-9-17-18(23)14-24(21(26)19-8-5-11-27-19)12-15-13-25(22-20(15)17)16-6-3-2-4-7-16/h2-11,13H,12,14H2,1H3. The Morgan fingerprint density at radius 2 is 1.93 bits per heavy atom. The summed E-state index contributed by atoms with van der Waals surface area (Å²) < 4.78 is 3.99. The molecule has 0 N–H and O–H groups in total. The second-order valence-corrected chi connectivity index (χ2v) is 7.66. The number of thiophene rings is 1. The van der Waals surface area contributed by atoms with Gasteiger partial charge in [-0.25, -0.2) is 4.68 Å². The number of fused-ring (bicyclic) bond motifs is 3. The van der Waals surface area contributed by atoms with Crippen molar-refractivity contribution in [3.05, 3.63) is 82.4 Å². The van der Waals surface area contributed by atoms with Gasteiger partial charge in [-0.2, -0.15) is 5.10 Å². The van der Waals surface area contributed by atoms with Crippen molar-refractivity contribution >= 4 is 17.2 Å². The summed E-state index contributed by atoms with van der Waals surface area (Å²) >= 11 is 1.48. The Hall–Kier alpha value is -3.12. The Kier molecular flexibility index (Phi) is 3.72. The average molecular weight is 374 g/mol. The number of carbonyl (C=O) groups is 1. The van der Waals surface area contributed by atoms with Crippen molar-refractivity contribution in [1.82, 2.24) is 19.2 Å². The number of aromatic nitrogens is 3. The largest absolute Gasteiger partial charge is 0.352 e.